The number of hydrogen-bond acceptors (Lipinski definition) is 6. The van der Waals surface area contributed by atoms with Crippen molar-refractivity contribution in [3.63, 3.8) is 0 Å². The number of carbonyl (C=O) groups excluding carboxylic acids is 3. The van der Waals surface area contributed by atoms with E-state index in [4.69, 9.17) is 4.74 Å². The van der Waals surface area contributed by atoms with Gasteiger partial charge in [0.25, 0.3) is 5.91 Å². The molecule has 0 aromatic carbocycles. The predicted molar refractivity (Wildman–Crippen MR) is 82.1 cm³/mol. The van der Waals surface area contributed by atoms with Gasteiger partial charge in [0.2, 0.25) is 0 Å². The Balaban J connectivity index is 2.24. The fraction of sp³-hybridized carbons (Fsp3) is 0.533. The van der Waals surface area contributed by atoms with E-state index in [1.165, 1.54) is 25.4 Å². The number of amides is 1. The molecule has 0 bridgehead atoms. The maximum absolute atomic E-state index is 12.0. The van der Waals surface area contributed by atoms with Gasteiger partial charge in [-0.2, -0.15) is 0 Å². The second-order valence-electron chi connectivity index (χ2n) is 5.38. The van der Waals surface area contributed by atoms with Crippen LogP contribution in [0.15, 0.2) is 0 Å². The Morgan fingerprint density at radius 3 is 2.73 bits per heavy atom. The third-order valence-electron chi connectivity index (χ3n) is 3.56. The van der Waals surface area contributed by atoms with Crippen molar-refractivity contribution in [2.45, 2.75) is 33.1 Å². The Morgan fingerprint density at radius 2 is 2.09 bits per heavy atom. The molecule has 0 saturated heterocycles. The zero-order chi connectivity index (χ0) is 16.3. The fourth-order valence-corrected chi connectivity index (χ4v) is 3.90. The minimum Gasteiger partial charge on any atom is -0.465 e. The molecule has 7 heteroatoms. The van der Waals surface area contributed by atoms with Crippen LogP contribution < -0.4 is 5.32 Å². The van der Waals surface area contributed by atoms with Crippen molar-refractivity contribution < 1.29 is 23.9 Å². The molecule has 0 fully saturated rings. The number of carbonyl (C=O) groups is 3. The van der Waals surface area contributed by atoms with Crippen LogP contribution in [0, 0.1) is 5.92 Å². The second kappa shape index (κ2) is 6.91. The highest BCUT2D eigenvalue weighted by Crippen LogP contribution is 2.39. The highest BCUT2D eigenvalue weighted by Gasteiger charge is 2.28. The minimum absolute atomic E-state index is 0.366. The van der Waals surface area contributed by atoms with Crippen LogP contribution in [0.4, 0.5) is 5.00 Å². The van der Waals surface area contributed by atoms with Crippen LogP contribution in [0.25, 0.3) is 0 Å². The van der Waals surface area contributed by atoms with E-state index in [2.05, 4.69) is 17.0 Å². The summed E-state index contributed by atoms with van der Waals surface area (Å²) >= 11 is 1.40. The summed E-state index contributed by atoms with van der Waals surface area (Å²) in [6.07, 6.45) is 2.70. The van der Waals surface area contributed by atoms with E-state index in [-0.39, 0.29) is 6.61 Å². The lowest BCUT2D eigenvalue weighted by atomic mass is 9.88. The molecule has 6 nitrogen and oxygen atoms in total. The average Bonchev–Trinajstić information content (AvgIpc) is 2.81. The van der Waals surface area contributed by atoms with Crippen LogP contribution in [0.3, 0.4) is 0 Å². The van der Waals surface area contributed by atoms with Gasteiger partial charge < -0.3 is 14.8 Å². The lowest BCUT2D eigenvalue weighted by Gasteiger charge is -2.18. The summed E-state index contributed by atoms with van der Waals surface area (Å²) in [6.45, 7) is 3.03. The molecule has 0 radical (unpaired) electrons. The monoisotopic (exact) mass is 325 g/mol. The number of anilines is 1. The van der Waals surface area contributed by atoms with E-state index >= 15 is 0 Å². The molecule has 120 valence electrons. The van der Waals surface area contributed by atoms with Gasteiger partial charge in [-0.15, -0.1) is 11.3 Å². The standard InChI is InChI=1S/C15H19NO5S/c1-8-4-5-10-11(6-8)22-14(13(10)15(19)20-3)16-12(18)7-21-9(2)17/h8H,4-7H2,1-3H3,(H,16,18)/t8-/m0/s1. The summed E-state index contributed by atoms with van der Waals surface area (Å²) in [7, 11) is 1.32. The third kappa shape index (κ3) is 3.65. The molecule has 2 rings (SSSR count). The highest BCUT2D eigenvalue weighted by molar-refractivity contribution is 7.17. The molecule has 0 aliphatic heterocycles. The lowest BCUT2D eigenvalue weighted by molar-refractivity contribution is -0.144. The van der Waals surface area contributed by atoms with Crippen LogP contribution >= 0.6 is 11.3 Å². The molecule has 0 unspecified atom stereocenters. The highest BCUT2D eigenvalue weighted by atomic mass is 32.1. The largest absolute Gasteiger partial charge is 0.465 e. The number of methoxy groups -OCH3 is 1. The molecule has 1 amide bonds. The van der Waals surface area contributed by atoms with Gasteiger partial charge in [0, 0.05) is 11.8 Å². The first kappa shape index (κ1) is 16.5. The van der Waals surface area contributed by atoms with E-state index in [0.29, 0.717) is 16.5 Å². The number of rotatable bonds is 4. The predicted octanol–water partition coefficient (Wildman–Crippen LogP) is 2.16. The van der Waals surface area contributed by atoms with E-state index in [0.717, 1.165) is 29.7 Å². The summed E-state index contributed by atoms with van der Waals surface area (Å²) in [5, 5.41) is 3.13. The number of esters is 2. The van der Waals surface area contributed by atoms with Gasteiger partial charge in [-0.05, 0) is 30.7 Å². The van der Waals surface area contributed by atoms with Gasteiger partial charge in [0.1, 0.15) is 5.00 Å². The van der Waals surface area contributed by atoms with Gasteiger partial charge in [-0.3, -0.25) is 9.59 Å². The SMILES string of the molecule is COC(=O)c1c(NC(=O)COC(C)=O)sc2c1CC[C@H](C)C2. The van der Waals surface area contributed by atoms with E-state index < -0.39 is 17.8 Å². The molecule has 1 aromatic rings. The van der Waals surface area contributed by atoms with Crippen LogP contribution in [0.5, 0.6) is 0 Å². The van der Waals surface area contributed by atoms with E-state index in [1.807, 2.05) is 0 Å². The Morgan fingerprint density at radius 1 is 1.36 bits per heavy atom. The maximum Gasteiger partial charge on any atom is 0.341 e. The molecule has 1 aromatic heterocycles. The first-order valence-corrected chi connectivity index (χ1v) is 7.90. The van der Waals surface area contributed by atoms with Gasteiger partial charge >= 0.3 is 11.9 Å². The average molecular weight is 325 g/mol. The zero-order valence-corrected chi connectivity index (χ0v) is 13.7. The Hall–Kier alpha value is -1.89. The summed E-state index contributed by atoms with van der Waals surface area (Å²) < 4.78 is 9.50. The molecule has 0 saturated carbocycles. The topological polar surface area (TPSA) is 81.7 Å². The maximum atomic E-state index is 12.0. The molecular weight excluding hydrogens is 306 g/mol. The summed E-state index contributed by atoms with van der Waals surface area (Å²) in [5.74, 6) is -0.884. The second-order valence-corrected chi connectivity index (χ2v) is 6.48. The normalized spacial score (nSPS) is 16.6. The number of nitrogens with one attached hydrogen (secondary N) is 1. The molecule has 22 heavy (non-hydrogen) atoms. The van der Waals surface area contributed by atoms with Gasteiger partial charge in [-0.25, -0.2) is 4.79 Å². The molecule has 1 heterocycles. The first-order chi connectivity index (χ1) is 10.4. The summed E-state index contributed by atoms with van der Waals surface area (Å²) in [6, 6.07) is 0. The smallest absolute Gasteiger partial charge is 0.341 e. The number of hydrogen-bond donors (Lipinski definition) is 1. The third-order valence-corrected chi connectivity index (χ3v) is 4.73. The zero-order valence-electron chi connectivity index (χ0n) is 12.9. The van der Waals surface area contributed by atoms with Crippen molar-refractivity contribution in [2.75, 3.05) is 19.0 Å². The number of fused-ring (bicyclic) bond motifs is 1. The van der Waals surface area contributed by atoms with Gasteiger partial charge in [-0.1, -0.05) is 6.92 Å². The van der Waals surface area contributed by atoms with Crippen LogP contribution in [0.1, 0.15) is 41.1 Å². The number of thiophene rings is 1. The molecule has 0 spiro atoms. The van der Waals surface area contributed by atoms with E-state index in [1.54, 1.807) is 0 Å². The van der Waals surface area contributed by atoms with Crippen molar-refractivity contribution in [3.8, 4) is 0 Å². The summed E-state index contributed by atoms with van der Waals surface area (Å²) in [5.41, 5.74) is 1.41. The molecule has 1 aliphatic rings. The minimum atomic E-state index is -0.525. The van der Waals surface area contributed by atoms with Crippen molar-refractivity contribution >= 4 is 34.2 Å². The quantitative estimate of drug-likeness (QED) is 0.858. The Labute approximate surface area is 132 Å². The van der Waals surface area contributed by atoms with Crippen LogP contribution in [-0.4, -0.2) is 31.6 Å². The molecule has 1 atom stereocenters. The van der Waals surface area contributed by atoms with Crippen LogP contribution in [-0.2, 0) is 31.9 Å². The summed E-state index contributed by atoms with van der Waals surface area (Å²) in [4.78, 5) is 35.7. The Kier molecular flexibility index (Phi) is 5.18. The van der Waals surface area contributed by atoms with Crippen molar-refractivity contribution in [1.82, 2.24) is 0 Å². The fourth-order valence-electron chi connectivity index (χ4n) is 2.49. The van der Waals surface area contributed by atoms with Crippen molar-refractivity contribution in [2.24, 2.45) is 5.92 Å². The molecular formula is C15H19NO5S. The van der Waals surface area contributed by atoms with Crippen molar-refractivity contribution in [1.29, 1.82) is 0 Å². The molecule has 1 aliphatic carbocycles. The van der Waals surface area contributed by atoms with Crippen LogP contribution in [0.2, 0.25) is 0 Å². The Bertz CT molecular complexity index is 607. The number of ether oxygens (including phenoxy) is 2. The molecule has 1 N–H and O–H groups in total. The van der Waals surface area contributed by atoms with Gasteiger partial charge in [0.05, 0.1) is 12.7 Å². The lowest BCUT2D eigenvalue weighted by Crippen LogP contribution is -2.21. The van der Waals surface area contributed by atoms with Crippen molar-refractivity contribution in [3.05, 3.63) is 16.0 Å². The first-order valence-electron chi connectivity index (χ1n) is 7.08. The van der Waals surface area contributed by atoms with Gasteiger partial charge in [0.15, 0.2) is 6.61 Å². The van der Waals surface area contributed by atoms with E-state index in [9.17, 15) is 14.4 Å².